The number of anilines is 1. The summed E-state index contributed by atoms with van der Waals surface area (Å²) in [6, 6.07) is 1.32. The number of pyridine rings is 1. The minimum Gasteiger partial charge on any atom is -0.367 e. The molecule has 0 bridgehead atoms. The van der Waals surface area contributed by atoms with E-state index in [1.54, 1.807) is 6.20 Å². The molecule has 0 aliphatic carbocycles. The molecule has 0 spiro atoms. The highest BCUT2D eigenvalue weighted by atomic mass is 32.2. The zero-order valence-electron chi connectivity index (χ0n) is 11.2. The topological polar surface area (TPSA) is 86.7 Å². The molecule has 3 aromatic rings. The number of nitrogens with one attached hydrogen (secondary N) is 2. The Hall–Kier alpha value is -2.26. The van der Waals surface area contributed by atoms with Crippen molar-refractivity contribution in [3.63, 3.8) is 0 Å². The van der Waals surface area contributed by atoms with Gasteiger partial charge in [-0.1, -0.05) is 0 Å². The highest BCUT2D eigenvalue weighted by Gasteiger charge is 2.13. The van der Waals surface area contributed by atoms with Crippen LogP contribution in [0.3, 0.4) is 0 Å². The van der Waals surface area contributed by atoms with Crippen molar-refractivity contribution in [1.82, 2.24) is 19.9 Å². The van der Waals surface area contributed by atoms with Crippen molar-refractivity contribution in [2.45, 2.75) is 0 Å². The lowest BCUT2D eigenvalue weighted by atomic mass is 10.2. The summed E-state index contributed by atoms with van der Waals surface area (Å²) in [5.74, 6) is -0.414. The quantitative estimate of drug-likeness (QED) is 0.494. The molecule has 0 amide bonds. The summed E-state index contributed by atoms with van der Waals surface area (Å²) in [6.07, 6.45) is 3.74. The van der Waals surface area contributed by atoms with Gasteiger partial charge in [-0.3, -0.25) is 0 Å². The molecular formula is C13H11F2N5OS. The van der Waals surface area contributed by atoms with Crippen molar-refractivity contribution in [1.29, 1.82) is 0 Å². The van der Waals surface area contributed by atoms with Gasteiger partial charge in [0.1, 0.15) is 11.5 Å². The summed E-state index contributed by atoms with van der Waals surface area (Å²) in [5, 5.41) is 3.29. The molecule has 0 fully saturated rings. The second-order valence-electron chi connectivity index (χ2n) is 4.40. The van der Waals surface area contributed by atoms with E-state index in [1.165, 1.54) is 6.07 Å². The fourth-order valence-electron chi connectivity index (χ4n) is 2.00. The molecule has 0 saturated heterocycles. The lowest BCUT2D eigenvalue weighted by molar-refractivity contribution is 0.617. The SMILES string of the molecule is OSCCNc1nc(-c2c[nH]c3ncc(F)cc23)ncc1F. The van der Waals surface area contributed by atoms with E-state index in [4.69, 9.17) is 4.55 Å². The Labute approximate surface area is 128 Å². The van der Waals surface area contributed by atoms with Crippen molar-refractivity contribution < 1.29 is 13.3 Å². The van der Waals surface area contributed by atoms with Gasteiger partial charge in [0, 0.05) is 29.4 Å². The molecule has 0 saturated carbocycles. The highest BCUT2D eigenvalue weighted by Crippen LogP contribution is 2.26. The summed E-state index contributed by atoms with van der Waals surface area (Å²) in [6.45, 7) is 0.346. The van der Waals surface area contributed by atoms with Gasteiger partial charge in [-0.05, 0) is 18.1 Å². The number of hydrogen-bond acceptors (Lipinski definition) is 6. The Morgan fingerprint density at radius 1 is 1.27 bits per heavy atom. The summed E-state index contributed by atoms with van der Waals surface area (Å²) in [4.78, 5) is 14.9. The number of halogens is 2. The zero-order valence-corrected chi connectivity index (χ0v) is 12.0. The summed E-state index contributed by atoms with van der Waals surface area (Å²) < 4.78 is 35.7. The smallest absolute Gasteiger partial charge is 0.183 e. The van der Waals surface area contributed by atoms with E-state index < -0.39 is 11.6 Å². The van der Waals surface area contributed by atoms with Crippen LogP contribution in [-0.2, 0) is 0 Å². The number of aromatic nitrogens is 4. The Morgan fingerprint density at radius 2 is 2.14 bits per heavy atom. The molecular weight excluding hydrogens is 312 g/mol. The minimum absolute atomic E-state index is 0.0257. The summed E-state index contributed by atoms with van der Waals surface area (Å²) >= 11 is 0.649. The molecule has 3 rings (SSSR count). The van der Waals surface area contributed by atoms with Gasteiger partial charge in [-0.15, -0.1) is 0 Å². The van der Waals surface area contributed by atoms with Crippen molar-refractivity contribution in [2.75, 3.05) is 17.6 Å². The Morgan fingerprint density at radius 3 is 2.95 bits per heavy atom. The largest absolute Gasteiger partial charge is 0.367 e. The second kappa shape index (κ2) is 6.24. The van der Waals surface area contributed by atoms with Gasteiger partial charge in [-0.25, -0.2) is 23.7 Å². The lowest BCUT2D eigenvalue weighted by Gasteiger charge is -2.06. The molecule has 0 unspecified atom stereocenters. The van der Waals surface area contributed by atoms with E-state index >= 15 is 0 Å². The zero-order chi connectivity index (χ0) is 15.5. The van der Waals surface area contributed by atoms with E-state index in [2.05, 4.69) is 25.3 Å². The first-order chi connectivity index (χ1) is 10.7. The predicted molar refractivity (Wildman–Crippen MR) is 80.6 cm³/mol. The van der Waals surface area contributed by atoms with Crippen LogP contribution in [0.2, 0.25) is 0 Å². The van der Waals surface area contributed by atoms with Gasteiger partial charge in [0.05, 0.1) is 12.4 Å². The maximum Gasteiger partial charge on any atom is 0.183 e. The van der Waals surface area contributed by atoms with E-state index in [0.717, 1.165) is 12.4 Å². The number of nitrogens with zero attached hydrogens (tertiary/aromatic N) is 3. The third-order valence-electron chi connectivity index (χ3n) is 2.97. The lowest BCUT2D eigenvalue weighted by Crippen LogP contribution is -2.08. The summed E-state index contributed by atoms with van der Waals surface area (Å²) in [7, 11) is 0. The summed E-state index contributed by atoms with van der Waals surface area (Å²) in [5.41, 5.74) is 1.03. The van der Waals surface area contributed by atoms with Gasteiger partial charge in [0.15, 0.2) is 17.5 Å². The van der Waals surface area contributed by atoms with Gasteiger partial charge in [0.25, 0.3) is 0 Å². The van der Waals surface area contributed by atoms with E-state index in [-0.39, 0.29) is 11.6 Å². The fourth-order valence-corrected chi connectivity index (χ4v) is 2.19. The van der Waals surface area contributed by atoms with Crippen LogP contribution in [0.25, 0.3) is 22.4 Å². The highest BCUT2D eigenvalue weighted by molar-refractivity contribution is 7.93. The normalized spacial score (nSPS) is 11.0. The van der Waals surface area contributed by atoms with Crippen LogP contribution in [0.15, 0.2) is 24.7 Å². The molecule has 9 heteroatoms. The van der Waals surface area contributed by atoms with Gasteiger partial charge < -0.3 is 14.9 Å². The monoisotopic (exact) mass is 323 g/mol. The van der Waals surface area contributed by atoms with Crippen LogP contribution in [0, 0.1) is 11.6 Å². The predicted octanol–water partition coefficient (Wildman–Crippen LogP) is 2.92. The number of H-pyrrole nitrogens is 1. The van der Waals surface area contributed by atoms with Crippen LogP contribution in [-0.4, -0.2) is 36.8 Å². The van der Waals surface area contributed by atoms with Gasteiger partial charge in [-0.2, -0.15) is 0 Å². The second-order valence-corrected chi connectivity index (χ2v) is 5.07. The van der Waals surface area contributed by atoms with Gasteiger partial charge >= 0.3 is 0 Å². The van der Waals surface area contributed by atoms with E-state index in [1.807, 2.05) is 0 Å². The first-order valence-corrected chi connectivity index (χ1v) is 7.29. The maximum atomic E-state index is 13.7. The van der Waals surface area contributed by atoms with E-state index in [9.17, 15) is 8.78 Å². The third kappa shape index (κ3) is 2.85. The van der Waals surface area contributed by atoms with Gasteiger partial charge in [0.2, 0.25) is 0 Å². The Bertz CT molecular complexity index is 810. The number of fused-ring (bicyclic) bond motifs is 1. The third-order valence-corrected chi connectivity index (χ3v) is 3.36. The molecule has 0 radical (unpaired) electrons. The van der Waals surface area contributed by atoms with Crippen LogP contribution in [0.5, 0.6) is 0 Å². The average molecular weight is 323 g/mol. The van der Waals surface area contributed by atoms with Crippen molar-refractivity contribution in [2.24, 2.45) is 0 Å². The molecule has 114 valence electrons. The Balaban J connectivity index is 1.99. The molecule has 3 heterocycles. The first kappa shape index (κ1) is 14.7. The van der Waals surface area contributed by atoms with Crippen LogP contribution in [0.1, 0.15) is 0 Å². The number of aromatic amines is 1. The van der Waals surface area contributed by atoms with E-state index in [0.29, 0.717) is 40.9 Å². The maximum absolute atomic E-state index is 13.7. The van der Waals surface area contributed by atoms with Crippen LogP contribution < -0.4 is 5.32 Å². The van der Waals surface area contributed by atoms with Crippen LogP contribution >= 0.6 is 12.0 Å². The van der Waals surface area contributed by atoms with Crippen LogP contribution in [0.4, 0.5) is 14.6 Å². The van der Waals surface area contributed by atoms with Crippen molar-refractivity contribution in [3.8, 4) is 11.4 Å². The molecule has 3 aromatic heterocycles. The molecule has 0 aliphatic heterocycles. The standard InChI is InChI=1S/C13H11F2N5OS/c14-7-3-8-9(5-18-11(8)17-4-7)12-19-6-10(15)13(20-12)16-1-2-22-21/h3-6,21H,1-2H2,(H,17,18)(H,16,19,20). The number of rotatable bonds is 5. The average Bonchev–Trinajstić information content (AvgIpc) is 2.92. The molecule has 3 N–H and O–H groups in total. The number of hydrogen-bond donors (Lipinski definition) is 3. The van der Waals surface area contributed by atoms with Crippen molar-refractivity contribution in [3.05, 3.63) is 36.3 Å². The fraction of sp³-hybridized carbons (Fsp3) is 0.154. The molecule has 6 nitrogen and oxygen atoms in total. The molecule has 0 aromatic carbocycles. The first-order valence-electron chi connectivity index (χ1n) is 6.35. The minimum atomic E-state index is -0.601. The molecule has 0 atom stereocenters. The van der Waals surface area contributed by atoms with Crippen molar-refractivity contribution >= 4 is 28.9 Å². The Kier molecular flexibility index (Phi) is 4.16. The molecule has 22 heavy (non-hydrogen) atoms. The molecule has 0 aliphatic rings.